The van der Waals surface area contributed by atoms with Crippen molar-refractivity contribution in [3.63, 3.8) is 0 Å². The predicted molar refractivity (Wildman–Crippen MR) is 112 cm³/mol. The Morgan fingerprint density at radius 3 is 2.43 bits per heavy atom. The van der Waals surface area contributed by atoms with Crippen molar-refractivity contribution < 1.29 is 14.0 Å². The number of thioether (sulfide) groups is 1. The number of amides is 2. The van der Waals surface area contributed by atoms with E-state index in [1.807, 2.05) is 21.6 Å². The zero-order chi connectivity index (χ0) is 20.1. The van der Waals surface area contributed by atoms with Crippen molar-refractivity contribution in [2.75, 3.05) is 25.4 Å². The molecule has 0 radical (unpaired) electrons. The molecule has 2 aliphatic heterocycles. The third kappa shape index (κ3) is 4.37. The molecule has 0 saturated carbocycles. The van der Waals surface area contributed by atoms with E-state index in [1.54, 1.807) is 12.1 Å². The normalized spacial score (nSPS) is 19.8. The molecule has 154 valence electrons. The van der Waals surface area contributed by atoms with Gasteiger partial charge in [-0.15, -0.1) is 11.8 Å². The van der Waals surface area contributed by atoms with E-state index in [4.69, 9.17) is 0 Å². The van der Waals surface area contributed by atoms with Crippen molar-refractivity contribution in [2.24, 2.45) is 5.92 Å². The molecule has 0 bridgehead atoms. The lowest BCUT2D eigenvalue weighted by atomic mass is 9.95. The van der Waals surface area contributed by atoms with Crippen LogP contribution in [-0.2, 0) is 4.79 Å². The number of hydrogen-bond donors (Lipinski definition) is 0. The predicted octanol–water partition coefficient (Wildman–Crippen LogP) is 4.55. The van der Waals surface area contributed by atoms with Crippen molar-refractivity contribution >= 4 is 23.6 Å². The maximum absolute atomic E-state index is 13.2. The number of halogens is 1. The quantitative estimate of drug-likeness (QED) is 0.696. The van der Waals surface area contributed by atoms with Crippen molar-refractivity contribution in [2.45, 2.75) is 57.2 Å². The molecule has 1 atom stereocenters. The van der Waals surface area contributed by atoms with Gasteiger partial charge in [-0.25, -0.2) is 4.39 Å². The number of piperidine rings is 1. The first kappa shape index (κ1) is 21.2. The maximum atomic E-state index is 13.2. The van der Waals surface area contributed by atoms with Gasteiger partial charge < -0.3 is 9.80 Å². The number of nitrogens with zero attached hydrogens (tertiary/aromatic N) is 2. The Kier molecular flexibility index (Phi) is 7.02. The van der Waals surface area contributed by atoms with E-state index in [1.165, 1.54) is 12.1 Å². The number of benzene rings is 1. The molecule has 28 heavy (non-hydrogen) atoms. The standard InChI is InChI=1S/C22H31FN2O2S/c1-3-5-6-17(4-2)20(26)24-13-11-22(12-14-24)25(15-16-28-22)21(27)18-7-9-19(23)10-8-18/h7-10,17H,3-6,11-16H2,1-2H3. The van der Waals surface area contributed by atoms with Crippen molar-refractivity contribution in [3.05, 3.63) is 35.6 Å². The van der Waals surface area contributed by atoms with Gasteiger partial charge in [-0.1, -0.05) is 26.7 Å². The SMILES string of the molecule is CCCCC(CC)C(=O)N1CCC2(CC1)SCCN2C(=O)c1ccc(F)cc1. The van der Waals surface area contributed by atoms with Crippen LogP contribution < -0.4 is 0 Å². The van der Waals surface area contributed by atoms with E-state index >= 15 is 0 Å². The molecule has 2 amide bonds. The third-order valence-electron chi connectivity index (χ3n) is 6.12. The lowest BCUT2D eigenvalue weighted by Crippen LogP contribution is -2.54. The summed E-state index contributed by atoms with van der Waals surface area (Å²) in [4.78, 5) is 29.7. The van der Waals surface area contributed by atoms with Crippen LogP contribution in [0.1, 0.15) is 62.7 Å². The minimum absolute atomic E-state index is 0.0286. The average molecular weight is 407 g/mol. The molecule has 2 heterocycles. The molecule has 3 rings (SSSR count). The topological polar surface area (TPSA) is 40.6 Å². The zero-order valence-corrected chi connectivity index (χ0v) is 17.8. The van der Waals surface area contributed by atoms with Crippen LogP contribution in [-0.4, -0.2) is 51.9 Å². The highest BCUT2D eigenvalue weighted by molar-refractivity contribution is 8.00. The first-order chi connectivity index (χ1) is 13.5. The number of rotatable bonds is 6. The highest BCUT2D eigenvalue weighted by Gasteiger charge is 2.47. The molecule has 2 fully saturated rings. The Balaban J connectivity index is 1.65. The van der Waals surface area contributed by atoms with E-state index in [0.717, 1.165) is 44.3 Å². The molecule has 1 aromatic carbocycles. The summed E-state index contributed by atoms with van der Waals surface area (Å²) in [7, 11) is 0. The Hall–Kier alpha value is -1.56. The molecule has 2 aliphatic rings. The van der Waals surface area contributed by atoms with Crippen LogP contribution in [0.2, 0.25) is 0 Å². The Labute approximate surface area is 171 Å². The molecule has 1 aromatic rings. The van der Waals surface area contributed by atoms with Crippen LogP contribution in [0.5, 0.6) is 0 Å². The lowest BCUT2D eigenvalue weighted by molar-refractivity contribution is -0.137. The summed E-state index contributed by atoms with van der Waals surface area (Å²) in [6, 6.07) is 5.80. The smallest absolute Gasteiger partial charge is 0.254 e. The van der Waals surface area contributed by atoms with Crippen molar-refractivity contribution in [3.8, 4) is 0 Å². The second-order valence-electron chi connectivity index (χ2n) is 7.83. The van der Waals surface area contributed by atoms with Crippen LogP contribution in [0.4, 0.5) is 4.39 Å². The zero-order valence-electron chi connectivity index (χ0n) is 17.0. The molecule has 0 N–H and O–H groups in total. The monoisotopic (exact) mass is 406 g/mol. The Morgan fingerprint density at radius 1 is 1.14 bits per heavy atom. The maximum Gasteiger partial charge on any atom is 0.254 e. The summed E-state index contributed by atoms with van der Waals surface area (Å²) in [6.07, 6.45) is 5.69. The number of unbranched alkanes of at least 4 members (excludes halogenated alkanes) is 1. The van der Waals surface area contributed by atoms with Gasteiger partial charge in [-0.2, -0.15) is 0 Å². The lowest BCUT2D eigenvalue weighted by Gasteiger charge is -2.44. The molecular weight excluding hydrogens is 375 g/mol. The summed E-state index contributed by atoms with van der Waals surface area (Å²) in [6.45, 7) is 6.39. The first-order valence-electron chi connectivity index (χ1n) is 10.5. The fourth-order valence-electron chi connectivity index (χ4n) is 4.35. The van der Waals surface area contributed by atoms with Gasteiger partial charge in [0.1, 0.15) is 5.82 Å². The number of carbonyl (C=O) groups is 2. The van der Waals surface area contributed by atoms with Crippen LogP contribution in [0.15, 0.2) is 24.3 Å². The molecule has 4 nitrogen and oxygen atoms in total. The van der Waals surface area contributed by atoms with Gasteiger partial charge >= 0.3 is 0 Å². The van der Waals surface area contributed by atoms with E-state index in [2.05, 4.69) is 13.8 Å². The number of likely N-dealkylation sites (tertiary alicyclic amines) is 1. The second kappa shape index (κ2) is 9.29. The molecule has 0 aromatic heterocycles. The molecular formula is C22H31FN2O2S. The molecule has 0 aliphatic carbocycles. The molecule has 6 heteroatoms. The van der Waals surface area contributed by atoms with E-state index < -0.39 is 0 Å². The van der Waals surface area contributed by atoms with Gasteiger partial charge in [0.25, 0.3) is 5.91 Å². The van der Waals surface area contributed by atoms with Gasteiger partial charge in [-0.05, 0) is 49.9 Å². The largest absolute Gasteiger partial charge is 0.342 e. The first-order valence-corrected chi connectivity index (χ1v) is 11.5. The van der Waals surface area contributed by atoms with Crippen molar-refractivity contribution in [1.82, 2.24) is 9.80 Å². The summed E-state index contributed by atoms with van der Waals surface area (Å²) in [5.74, 6) is 0.962. The highest BCUT2D eigenvalue weighted by atomic mass is 32.2. The van der Waals surface area contributed by atoms with Gasteiger partial charge in [0, 0.05) is 36.9 Å². The van der Waals surface area contributed by atoms with Gasteiger partial charge in [-0.3, -0.25) is 9.59 Å². The van der Waals surface area contributed by atoms with Gasteiger partial charge in [0.15, 0.2) is 0 Å². The minimum Gasteiger partial charge on any atom is -0.342 e. The van der Waals surface area contributed by atoms with Crippen molar-refractivity contribution in [1.29, 1.82) is 0 Å². The summed E-state index contributed by atoms with van der Waals surface area (Å²) in [5, 5.41) is 0. The average Bonchev–Trinajstić information content (AvgIpc) is 3.12. The van der Waals surface area contributed by atoms with E-state index in [9.17, 15) is 14.0 Å². The van der Waals surface area contributed by atoms with Crippen LogP contribution >= 0.6 is 11.8 Å². The Morgan fingerprint density at radius 2 is 1.82 bits per heavy atom. The van der Waals surface area contributed by atoms with E-state index in [-0.39, 0.29) is 28.4 Å². The van der Waals surface area contributed by atoms with Gasteiger partial charge in [0.2, 0.25) is 5.91 Å². The molecule has 1 unspecified atom stereocenters. The van der Waals surface area contributed by atoms with Crippen LogP contribution in [0.25, 0.3) is 0 Å². The number of hydrogen-bond acceptors (Lipinski definition) is 3. The summed E-state index contributed by atoms with van der Waals surface area (Å²) >= 11 is 1.83. The molecule has 1 spiro atoms. The van der Waals surface area contributed by atoms with Crippen LogP contribution in [0.3, 0.4) is 0 Å². The third-order valence-corrected chi connectivity index (χ3v) is 7.67. The summed E-state index contributed by atoms with van der Waals surface area (Å²) < 4.78 is 13.2. The fraction of sp³-hybridized carbons (Fsp3) is 0.636. The van der Waals surface area contributed by atoms with Crippen LogP contribution in [0, 0.1) is 11.7 Å². The summed E-state index contributed by atoms with van der Waals surface area (Å²) in [5.41, 5.74) is 0.535. The van der Waals surface area contributed by atoms with E-state index in [0.29, 0.717) is 25.2 Å². The fourth-order valence-corrected chi connectivity index (χ4v) is 5.80. The second-order valence-corrected chi connectivity index (χ2v) is 9.29. The highest BCUT2D eigenvalue weighted by Crippen LogP contribution is 2.44. The Bertz CT molecular complexity index is 686. The molecule has 2 saturated heterocycles. The minimum atomic E-state index is -0.331. The number of carbonyl (C=O) groups excluding carboxylic acids is 2. The van der Waals surface area contributed by atoms with Gasteiger partial charge in [0.05, 0.1) is 4.87 Å².